The highest BCUT2D eigenvalue weighted by Crippen LogP contribution is 2.26. The van der Waals surface area contributed by atoms with Gasteiger partial charge in [0.25, 0.3) is 10.0 Å². The molecular weight excluding hydrogens is 435 g/mol. The van der Waals surface area contributed by atoms with Crippen molar-refractivity contribution in [2.24, 2.45) is 0 Å². The summed E-state index contributed by atoms with van der Waals surface area (Å²) in [6.45, 7) is 0.319. The van der Waals surface area contributed by atoms with Gasteiger partial charge in [0.2, 0.25) is 0 Å². The molecule has 0 aliphatic carbocycles. The molecule has 150 valence electrons. The summed E-state index contributed by atoms with van der Waals surface area (Å²) in [6, 6.07) is 13.4. The maximum absolute atomic E-state index is 12.5. The van der Waals surface area contributed by atoms with Crippen LogP contribution in [0.25, 0.3) is 0 Å². The van der Waals surface area contributed by atoms with Crippen molar-refractivity contribution in [2.45, 2.75) is 11.4 Å². The van der Waals surface area contributed by atoms with E-state index in [1.807, 2.05) is 6.07 Å². The lowest BCUT2D eigenvalue weighted by Crippen LogP contribution is -2.28. The summed E-state index contributed by atoms with van der Waals surface area (Å²) in [5.74, 6) is 0. The standard InChI is InChI=1S/C19H16Cl2N4O3S/c20-17-8-5-15(10-18(17)21)25-29(27,28)16-6-3-14(4-7-16)24-19(26)23-12-13-2-1-9-22-11-13/h1-11,25H,12H2,(H2,23,24,26). The third kappa shape index (κ3) is 5.83. The average molecular weight is 451 g/mol. The maximum atomic E-state index is 12.5. The Kier molecular flexibility index (Phi) is 6.58. The highest BCUT2D eigenvalue weighted by atomic mass is 35.5. The summed E-state index contributed by atoms with van der Waals surface area (Å²) in [7, 11) is -3.82. The van der Waals surface area contributed by atoms with E-state index in [-0.39, 0.29) is 15.6 Å². The summed E-state index contributed by atoms with van der Waals surface area (Å²) in [4.78, 5) is 16.0. The van der Waals surface area contributed by atoms with Crippen LogP contribution in [-0.2, 0) is 16.6 Å². The predicted molar refractivity (Wildman–Crippen MR) is 114 cm³/mol. The van der Waals surface area contributed by atoms with Crippen LogP contribution in [0, 0.1) is 0 Å². The minimum atomic E-state index is -3.82. The number of amides is 2. The molecule has 29 heavy (non-hydrogen) atoms. The van der Waals surface area contributed by atoms with Crippen molar-refractivity contribution in [1.82, 2.24) is 10.3 Å². The number of sulfonamides is 1. The molecule has 0 bridgehead atoms. The molecule has 0 saturated heterocycles. The number of carbonyl (C=O) groups is 1. The molecule has 0 atom stereocenters. The number of rotatable bonds is 6. The van der Waals surface area contributed by atoms with Crippen molar-refractivity contribution in [3.8, 4) is 0 Å². The molecule has 0 aliphatic rings. The molecule has 7 nitrogen and oxygen atoms in total. The molecule has 1 heterocycles. The van der Waals surface area contributed by atoms with E-state index in [0.717, 1.165) is 5.56 Å². The Bertz CT molecular complexity index is 1110. The largest absolute Gasteiger partial charge is 0.334 e. The summed E-state index contributed by atoms with van der Waals surface area (Å²) in [6.07, 6.45) is 3.30. The second kappa shape index (κ2) is 9.13. The molecule has 0 radical (unpaired) electrons. The van der Waals surface area contributed by atoms with E-state index in [2.05, 4.69) is 20.3 Å². The Morgan fingerprint density at radius 1 is 0.966 bits per heavy atom. The van der Waals surface area contributed by atoms with Crippen LogP contribution in [0.3, 0.4) is 0 Å². The van der Waals surface area contributed by atoms with E-state index >= 15 is 0 Å². The van der Waals surface area contributed by atoms with Crippen molar-refractivity contribution in [3.05, 3.63) is 82.6 Å². The van der Waals surface area contributed by atoms with Crippen molar-refractivity contribution in [1.29, 1.82) is 0 Å². The molecule has 3 N–H and O–H groups in total. The van der Waals surface area contributed by atoms with Crippen LogP contribution in [0.1, 0.15) is 5.56 Å². The smallest absolute Gasteiger partial charge is 0.319 e. The number of hydrogen-bond donors (Lipinski definition) is 3. The lowest BCUT2D eigenvalue weighted by Gasteiger charge is -2.10. The number of nitrogens with one attached hydrogen (secondary N) is 3. The number of urea groups is 1. The highest BCUT2D eigenvalue weighted by molar-refractivity contribution is 7.92. The minimum Gasteiger partial charge on any atom is -0.334 e. The van der Waals surface area contributed by atoms with Gasteiger partial charge in [-0.05, 0) is 54.1 Å². The van der Waals surface area contributed by atoms with Crippen LogP contribution in [0.4, 0.5) is 16.2 Å². The predicted octanol–water partition coefficient (Wildman–Crippen LogP) is 4.51. The summed E-state index contributed by atoms with van der Waals surface area (Å²) >= 11 is 11.7. The molecule has 3 rings (SSSR count). The van der Waals surface area contributed by atoms with Crippen LogP contribution in [0.2, 0.25) is 10.0 Å². The van der Waals surface area contributed by atoms with Gasteiger partial charge >= 0.3 is 6.03 Å². The van der Waals surface area contributed by atoms with Gasteiger partial charge in [-0.1, -0.05) is 29.3 Å². The second-order valence-corrected chi connectivity index (χ2v) is 8.42. The first-order chi connectivity index (χ1) is 13.8. The van der Waals surface area contributed by atoms with E-state index < -0.39 is 16.1 Å². The first-order valence-corrected chi connectivity index (χ1v) is 10.6. The molecule has 0 aliphatic heterocycles. The number of halogens is 2. The Balaban J connectivity index is 1.61. The lowest BCUT2D eigenvalue weighted by atomic mass is 10.3. The molecule has 0 saturated carbocycles. The van der Waals surface area contributed by atoms with Gasteiger partial charge in [-0.25, -0.2) is 13.2 Å². The molecule has 0 spiro atoms. The highest BCUT2D eigenvalue weighted by Gasteiger charge is 2.15. The Morgan fingerprint density at radius 2 is 1.69 bits per heavy atom. The van der Waals surface area contributed by atoms with Gasteiger partial charge in [0.15, 0.2) is 0 Å². The fraction of sp³-hybridized carbons (Fsp3) is 0.0526. The first kappa shape index (κ1) is 20.9. The zero-order chi connectivity index (χ0) is 20.9. The monoisotopic (exact) mass is 450 g/mol. The van der Waals surface area contributed by atoms with E-state index in [1.165, 1.54) is 42.5 Å². The van der Waals surface area contributed by atoms with Gasteiger partial charge in [-0.3, -0.25) is 9.71 Å². The van der Waals surface area contributed by atoms with Gasteiger partial charge in [-0.2, -0.15) is 0 Å². The van der Waals surface area contributed by atoms with E-state index in [4.69, 9.17) is 23.2 Å². The van der Waals surface area contributed by atoms with Gasteiger partial charge in [0.1, 0.15) is 0 Å². The van der Waals surface area contributed by atoms with Crippen molar-refractivity contribution >= 4 is 50.6 Å². The van der Waals surface area contributed by atoms with Gasteiger partial charge < -0.3 is 10.6 Å². The summed E-state index contributed by atoms with van der Waals surface area (Å²) in [5, 5.41) is 5.89. The van der Waals surface area contributed by atoms with E-state index in [0.29, 0.717) is 17.3 Å². The fourth-order valence-corrected chi connectivity index (χ4v) is 3.70. The Hall–Kier alpha value is -2.81. The number of carbonyl (C=O) groups excluding carboxylic acids is 1. The van der Waals surface area contributed by atoms with Crippen molar-refractivity contribution in [2.75, 3.05) is 10.0 Å². The van der Waals surface area contributed by atoms with E-state index in [9.17, 15) is 13.2 Å². The number of pyridine rings is 1. The number of aromatic nitrogens is 1. The van der Waals surface area contributed by atoms with Crippen LogP contribution >= 0.6 is 23.2 Å². The van der Waals surface area contributed by atoms with Crippen molar-refractivity contribution < 1.29 is 13.2 Å². The zero-order valence-electron chi connectivity index (χ0n) is 14.9. The van der Waals surface area contributed by atoms with Crippen LogP contribution < -0.4 is 15.4 Å². The molecule has 0 unspecified atom stereocenters. The number of anilines is 2. The summed E-state index contributed by atoms with van der Waals surface area (Å²) < 4.78 is 27.4. The topological polar surface area (TPSA) is 100 Å². The molecule has 2 amide bonds. The third-order valence-corrected chi connectivity index (χ3v) is 5.91. The molecule has 10 heteroatoms. The van der Waals surface area contributed by atoms with Crippen LogP contribution in [0.5, 0.6) is 0 Å². The molecule has 2 aromatic carbocycles. The zero-order valence-corrected chi connectivity index (χ0v) is 17.2. The molecule has 1 aromatic heterocycles. The van der Waals surface area contributed by atoms with E-state index in [1.54, 1.807) is 18.5 Å². The Morgan fingerprint density at radius 3 is 2.34 bits per heavy atom. The quantitative estimate of drug-likeness (QED) is 0.514. The van der Waals surface area contributed by atoms with Crippen molar-refractivity contribution in [3.63, 3.8) is 0 Å². The number of nitrogens with zero attached hydrogens (tertiary/aromatic N) is 1. The van der Waals surface area contributed by atoms with Gasteiger partial charge in [-0.15, -0.1) is 0 Å². The Labute approximate surface area is 178 Å². The van der Waals surface area contributed by atoms with Crippen LogP contribution in [0.15, 0.2) is 71.9 Å². The number of benzene rings is 2. The van der Waals surface area contributed by atoms with Gasteiger partial charge in [0.05, 0.1) is 20.6 Å². The molecule has 3 aromatic rings. The molecular formula is C19H16Cl2N4O3S. The normalized spacial score (nSPS) is 11.0. The summed E-state index contributed by atoms with van der Waals surface area (Å²) in [5.41, 5.74) is 1.59. The average Bonchev–Trinajstić information content (AvgIpc) is 2.70. The maximum Gasteiger partial charge on any atom is 0.319 e. The fourth-order valence-electron chi connectivity index (χ4n) is 2.35. The lowest BCUT2D eigenvalue weighted by molar-refractivity contribution is 0.251. The SMILES string of the molecule is O=C(NCc1cccnc1)Nc1ccc(S(=O)(=O)Nc2ccc(Cl)c(Cl)c2)cc1. The van der Waals surface area contributed by atoms with Crippen LogP contribution in [-0.4, -0.2) is 19.4 Å². The number of hydrogen-bond acceptors (Lipinski definition) is 4. The minimum absolute atomic E-state index is 0.0323. The van der Waals surface area contributed by atoms with Gasteiger partial charge in [0, 0.05) is 24.6 Å². The first-order valence-electron chi connectivity index (χ1n) is 8.35. The molecule has 0 fully saturated rings. The second-order valence-electron chi connectivity index (χ2n) is 5.93. The third-order valence-electron chi connectivity index (χ3n) is 3.77.